The molecule has 1 N–H and O–H groups in total. The number of hydrogen-bond acceptors (Lipinski definition) is 2. The highest BCUT2D eigenvalue weighted by molar-refractivity contribution is 8.03. The van der Waals surface area contributed by atoms with Gasteiger partial charge in [0.2, 0.25) is 0 Å². The summed E-state index contributed by atoms with van der Waals surface area (Å²) in [7, 11) is 1.95. The predicted octanol–water partition coefficient (Wildman–Crippen LogP) is 2.85. The lowest BCUT2D eigenvalue weighted by Gasteiger charge is -2.21. The standard InChI is InChI=1S/C9H19NS/c1-6-11-8(7-10-5)9(2,3)4/h7,10H,6H2,1-5H3/b8-7-. The average molecular weight is 173 g/mol. The lowest BCUT2D eigenvalue weighted by Crippen LogP contribution is -2.10. The summed E-state index contributed by atoms with van der Waals surface area (Å²) in [5.41, 5.74) is 0.281. The molecule has 0 saturated carbocycles. The van der Waals surface area contributed by atoms with Gasteiger partial charge in [0, 0.05) is 18.2 Å². The smallest absolute Gasteiger partial charge is 0.00636 e. The van der Waals surface area contributed by atoms with Crippen molar-refractivity contribution in [2.75, 3.05) is 12.8 Å². The molecule has 0 rings (SSSR count). The normalized spacial score (nSPS) is 13.4. The Hall–Kier alpha value is -0.110. The van der Waals surface area contributed by atoms with Crippen molar-refractivity contribution in [2.45, 2.75) is 27.7 Å². The maximum absolute atomic E-state index is 3.08. The maximum Gasteiger partial charge on any atom is 0.00636 e. The Morgan fingerprint density at radius 2 is 2.00 bits per heavy atom. The van der Waals surface area contributed by atoms with Crippen LogP contribution in [0.15, 0.2) is 11.1 Å². The first-order valence-corrected chi connectivity index (χ1v) is 5.01. The van der Waals surface area contributed by atoms with Gasteiger partial charge in [0.15, 0.2) is 0 Å². The molecule has 11 heavy (non-hydrogen) atoms. The van der Waals surface area contributed by atoms with Gasteiger partial charge < -0.3 is 5.32 Å². The first-order valence-electron chi connectivity index (χ1n) is 4.03. The fraction of sp³-hybridized carbons (Fsp3) is 0.778. The number of nitrogens with one attached hydrogen (secondary N) is 1. The zero-order chi connectivity index (χ0) is 8.91. The molecule has 0 amide bonds. The molecular formula is C9H19NS. The summed E-state index contributed by atoms with van der Waals surface area (Å²) >= 11 is 1.91. The second-order valence-corrected chi connectivity index (χ2v) is 4.79. The molecule has 0 aliphatic rings. The molecule has 0 radical (unpaired) electrons. The molecule has 0 fully saturated rings. The van der Waals surface area contributed by atoms with E-state index in [1.54, 1.807) is 0 Å². The fourth-order valence-corrected chi connectivity index (χ4v) is 1.71. The van der Waals surface area contributed by atoms with Crippen LogP contribution in [0, 0.1) is 5.41 Å². The summed E-state index contributed by atoms with van der Waals surface area (Å²) in [5, 5.41) is 3.08. The second kappa shape index (κ2) is 4.70. The van der Waals surface area contributed by atoms with Gasteiger partial charge in [0.25, 0.3) is 0 Å². The van der Waals surface area contributed by atoms with Crippen LogP contribution in [0.2, 0.25) is 0 Å². The topological polar surface area (TPSA) is 12.0 Å². The van der Waals surface area contributed by atoms with Crippen molar-refractivity contribution in [1.29, 1.82) is 0 Å². The van der Waals surface area contributed by atoms with Crippen molar-refractivity contribution in [3.63, 3.8) is 0 Å². The van der Waals surface area contributed by atoms with Crippen LogP contribution in [-0.2, 0) is 0 Å². The van der Waals surface area contributed by atoms with E-state index in [0.29, 0.717) is 0 Å². The van der Waals surface area contributed by atoms with Crippen LogP contribution in [0.4, 0.5) is 0 Å². The van der Waals surface area contributed by atoms with Crippen molar-refractivity contribution in [3.05, 3.63) is 11.1 Å². The van der Waals surface area contributed by atoms with Gasteiger partial charge in [-0.3, -0.25) is 0 Å². The van der Waals surface area contributed by atoms with Gasteiger partial charge in [0.05, 0.1) is 0 Å². The van der Waals surface area contributed by atoms with Crippen LogP contribution < -0.4 is 5.32 Å². The Morgan fingerprint density at radius 3 is 2.27 bits per heavy atom. The summed E-state index contributed by atoms with van der Waals surface area (Å²) in [6.45, 7) is 8.89. The van der Waals surface area contributed by atoms with Gasteiger partial charge in [-0.1, -0.05) is 27.7 Å². The monoisotopic (exact) mass is 173 g/mol. The van der Waals surface area contributed by atoms with E-state index < -0.39 is 0 Å². The molecule has 66 valence electrons. The van der Waals surface area contributed by atoms with Gasteiger partial charge in [-0.2, -0.15) is 0 Å². The molecule has 0 aliphatic heterocycles. The molecule has 2 heteroatoms. The van der Waals surface area contributed by atoms with Crippen LogP contribution in [0.1, 0.15) is 27.7 Å². The predicted molar refractivity (Wildman–Crippen MR) is 54.7 cm³/mol. The Bertz CT molecular complexity index is 133. The second-order valence-electron chi connectivity index (χ2n) is 3.48. The molecule has 0 aliphatic carbocycles. The lowest BCUT2D eigenvalue weighted by molar-refractivity contribution is 0.530. The third kappa shape index (κ3) is 4.35. The van der Waals surface area contributed by atoms with E-state index in [-0.39, 0.29) is 5.41 Å². The summed E-state index contributed by atoms with van der Waals surface area (Å²) < 4.78 is 0. The van der Waals surface area contributed by atoms with Gasteiger partial charge in [0.1, 0.15) is 0 Å². The zero-order valence-corrected chi connectivity index (χ0v) is 9.01. The highest BCUT2D eigenvalue weighted by Gasteiger charge is 2.16. The highest BCUT2D eigenvalue weighted by Crippen LogP contribution is 2.33. The molecule has 0 bridgehead atoms. The third-order valence-electron chi connectivity index (χ3n) is 1.31. The van der Waals surface area contributed by atoms with E-state index in [0.717, 1.165) is 5.75 Å². The van der Waals surface area contributed by atoms with E-state index in [4.69, 9.17) is 0 Å². The number of thioether (sulfide) groups is 1. The molecule has 1 nitrogen and oxygen atoms in total. The van der Waals surface area contributed by atoms with Crippen molar-refractivity contribution >= 4 is 11.8 Å². The van der Waals surface area contributed by atoms with Crippen LogP contribution >= 0.6 is 11.8 Å². The molecular weight excluding hydrogens is 154 g/mol. The minimum Gasteiger partial charge on any atom is -0.393 e. The van der Waals surface area contributed by atoms with Crippen molar-refractivity contribution in [2.24, 2.45) is 5.41 Å². The minimum absolute atomic E-state index is 0.281. The van der Waals surface area contributed by atoms with Gasteiger partial charge in [-0.15, -0.1) is 11.8 Å². The van der Waals surface area contributed by atoms with Gasteiger partial charge in [-0.25, -0.2) is 0 Å². The number of allylic oxidation sites excluding steroid dienone is 1. The van der Waals surface area contributed by atoms with E-state index in [1.807, 2.05) is 18.8 Å². The van der Waals surface area contributed by atoms with Crippen molar-refractivity contribution in [3.8, 4) is 0 Å². The highest BCUT2D eigenvalue weighted by atomic mass is 32.2. The Balaban J connectivity index is 4.22. The van der Waals surface area contributed by atoms with Crippen molar-refractivity contribution < 1.29 is 0 Å². The largest absolute Gasteiger partial charge is 0.393 e. The molecule has 0 aromatic carbocycles. The third-order valence-corrected chi connectivity index (χ3v) is 2.64. The first-order chi connectivity index (χ1) is 5.02. The molecule has 0 atom stereocenters. The van der Waals surface area contributed by atoms with Crippen molar-refractivity contribution in [1.82, 2.24) is 5.32 Å². The lowest BCUT2D eigenvalue weighted by atomic mass is 9.96. The van der Waals surface area contributed by atoms with E-state index >= 15 is 0 Å². The Morgan fingerprint density at radius 1 is 1.45 bits per heavy atom. The summed E-state index contributed by atoms with van der Waals surface area (Å²) in [6.07, 6.45) is 2.09. The quantitative estimate of drug-likeness (QED) is 0.704. The molecule has 0 aromatic rings. The zero-order valence-electron chi connectivity index (χ0n) is 8.19. The molecule has 0 spiro atoms. The number of rotatable bonds is 3. The Labute approximate surface area is 74.6 Å². The average Bonchev–Trinajstić information content (AvgIpc) is 1.85. The van der Waals surface area contributed by atoms with Gasteiger partial charge in [-0.05, 0) is 11.2 Å². The molecule has 0 unspecified atom stereocenters. The number of hydrogen-bond donors (Lipinski definition) is 1. The Kier molecular flexibility index (Phi) is 4.66. The van der Waals surface area contributed by atoms with E-state index in [9.17, 15) is 0 Å². The SMILES string of the molecule is CCS/C(=C\NC)C(C)(C)C. The van der Waals surface area contributed by atoms with Crippen LogP contribution in [-0.4, -0.2) is 12.8 Å². The van der Waals surface area contributed by atoms with Crippen LogP contribution in [0.25, 0.3) is 0 Å². The van der Waals surface area contributed by atoms with E-state index in [2.05, 4.69) is 39.2 Å². The van der Waals surface area contributed by atoms with Crippen LogP contribution in [0.5, 0.6) is 0 Å². The molecule has 0 saturated heterocycles. The maximum atomic E-state index is 3.08. The molecule has 0 aromatic heterocycles. The fourth-order valence-electron chi connectivity index (χ4n) is 0.761. The molecule has 0 heterocycles. The summed E-state index contributed by atoms with van der Waals surface area (Å²) in [6, 6.07) is 0. The van der Waals surface area contributed by atoms with E-state index in [1.165, 1.54) is 4.91 Å². The first kappa shape index (κ1) is 10.9. The summed E-state index contributed by atoms with van der Waals surface area (Å²) in [5.74, 6) is 1.14. The van der Waals surface area contributed by atoms with Gasteiger partial charge >= 0.3 is 0 Å². The minimum atomic E-state index is 0.281. The summed E-state index contributed by atoms with van der Waals surface area (Å²) in [4.78, 5) is 1.42. The van der Waals surface area contributed by atoms with Crippen LogP contribution in [0.3, 0.4) is 0 Å².